The van der Waals surface area contributed by atoms with E-state index < -0.39 is 73.5 Å². The Labute approximate surface area is 170 Å². The third kappa shape index (κ3) is 4.34. The largest absolute Gasteiger partial charge is 0.478 e. The van der Waals surface area contributed by atoms with Gasteiger partial charge in [-0.05, 0) is 5.57 Å². The van der Waals surface area contributed by atoms with Gasteiger partial charge in [0.1, 0.15) is 31.0 Å². The van der Waals surface area contributed by atoms with Gasteiger partial charge in [-0.2, -0.15) is 0 Å². The van der Waals surface area contributed by atoms with Crippen LogP contribution in [0.15, 0.2) is 23.5 Å². The quantitative estimate of drug-likeness (QED) is 0.187. The van der Waals surface area contributed by atoms with Gasteiger partial charge in [0.05, 0.1) is 30.5 Å². The number of carboxylic acid groups (broad SMARTS) is 1. The highest BCUT2D eigenvalue weighted by Crippen LogP contribution is 2.44. The van der Waals surface area contributed by atoms with Crippen molar-refractivity contribution in [3.63, 3.8) is 0 Å². The molecule has 12 heteroatoms. The molecular weight excluding hydrogens is 408 g/mol. The van der Waals surface area contributed by atoms with Crippen LogP contribution in [0.5, 0.6) is 0 Å². The van der Waals surface area contributed by atoms with Gasteiger partial charge in [-0.15, -0.1) is 0 Å². The molecule has 0 unspecified atom stereocenters. The zero-order valence-corrected chi connectivity index (χ0v) is 15.9. The number of hydrogen-bond acceptors (Lipinski definition) is 11. The van der Waals surface area contributed by atoms with Gasteiger partial charge >= 0.3 is 11.9 Å². The molecule has 0 aromatic heterocycles. The summed E-state index contributed by atoms with van der Waals surface area (Å²) in [4.78, 5) is 22.7. The minimum atomic E-state index is -1.75. The molecule has 0 aromatic carbocycles. The molecule has 0 aromatic rings. The Bertz CT molecular complexity index is 733. The number of carbonyl (C=O) groups is 2. The number of esters is 1. The average Bonchev–Trinajstić information content (AvgIpc) is 3.03. The van der Waals surface area contributed by atoms with E-state index in [1.165, 1.54) is 13.0 Å². The van der Waals surface area contributed by atoms with Crippen molar-refractivity contribution in [2.75, 3.05) is 13.2 Å². The van der Waals surface area contributed by atoms with E-state index >= 15 is 0 Å². The number of ether oxygens (including phenoxy) is 4. The first-order valence-electron chi connectivity index (χ1n) is 9.22. The number of aliphatic hydroxyl groups excluding tert-OH is 5. The van der Waals surface area contributed by atoms with E-state index in [0.29, 0.717) is 5.57 Å². The van der Waals surface area contributed by atoms with Crippen LogP contribution in [0.1, 0.15) is 6.92 Å². The van der Waals surface area contributed by atoms with Crippen LogP contribution in [0.25, 0.3) is 0 Å². The number of carbonyl (C=O) groups excluding carboxylic acids is 1. The second kappa shape index (κ2) is 8.98. The molecule has 168 valence electrons. The standard InChI is InChI=1S/C18H24O12/c1-6(19)27-3-7-2-9(20)12-8(16(24)25)4-28-18(11(7)12)29-5-10-13(21)14(22)15(23)17(26)30-10/h2,4,9-15,17-18,20-23,26H,3,5H2,1H3,(H,24,25)/t9-,10+,11+,12-,13+,14-,15+,17+,18-/m0/s1. The molecule has 1 saturated heterocycles. The highest BCUT2D eigenvalue weighted by Gasteiger charge is 2.50. The van der Waals surface area contributed by atoms with E-state index in [4.69, 9.17) is 18.9 Å². The molecule has 2 heterocycles. The van der Waals surface area contributed by atoms with Gasteiger partial charge in [0, 0.05) is 12.8 Å². The Morgan fingerprint density at radius 1 is 1.07 bits per heavy atom. The lowest BCUT2D eigenvalue weighted by atomic mass is 9.82. The Hall–Kier alpha value is -2.06. The molecular formula is C18H24O12. The number of fused-ring (bicyclic) bond motifs is 1. The van der Waals surface area contributed by atoms with Crippen molar-refractivity contribution in [1.82, 2.24) is 0 Å². The minimum Gasteiger partial charge on any atom is -0.478 e. The van der Waals surface area contributed by atoms with Crippen molar-refractivity contribution < 1.29 is 59.2 Å². The van der Waals surface area contributed by atoms with Crippen LogP contribution in [-0.2, 0) is 28.5 Å². The summed E-state index contributed by atoms with van der Waals surface area (Å²) in [7, 11) is 0. The molecule has 0 bridgehead atoms. The lowest BCUT2D eigenvalue weighted by Crippen LogP contribution is -2.59. The van der Waals surface area contributed by atoms with Gasteiger partial charge in [0.2, 0.25) is 6.29 Å². The van der Waals surface area contributed by atoms with E-state index in [2.05, 4.69) is 0 Å². The summed E-state index contributed by atoms with van der Waals surface area (Å²) in [6.07, 6.45) is -7.92. The number of aliphatic carboxylic acids is 1. The first-order chi connectivity index (χ1) is 14.1. The summed E-state index contributed by atoms with van der Waals surface area (Å²) < 4.78 is 21.0. The Morgan fingerprint density at radius 3 is 2.40 bits per heavy atom. The number of hydrogen-bond donors (Lipinski definition) is 6. The van der Waals surface area contributed by atoms with Crippen molar-refractivity contribution >= 4 is 11.9 Å². The minimum absolute atomic E-state index is 0.190. The van der Waals surface area contributed by atoms with Crippen LogP contribution in [-0.4, -0.2) is 98.9 Å². The van der Waals surface area contributed by atoms with E-state index in [0.717, 1.165) is 6.26 Å². The summed E-state index contributed by atoms with van der Waals surface area (Å²) in [5.41, 5.74) is 0.199. The maximum Gasteiger partial charge on any atom is 0.335 e. The zero-order valence-electron chi connectivity index (χ0n) is 15.9. The molecule has 30 heavy (non-hydrogen) atoms. The third-order valence-corrected chi connectivity index (χ3v) is 5.35. The molecule has 0 spiro atoms. The topological polar surface area (TPSA) is 192 Å². The van der Waals surface area contributed by atoms with Gasteiger partial charge in [-0.25, -0.2) is 4.79 Å². The van der Waals surface area contributed by atoms with E-state index in [1.54, 1.807) is 0 Å². The molecule has 0 amide bonds. The molecule has 9 atom stereocenters. The summed E-state index contributed by atoms with van der Waals surface area (Å²) in [5.74, 6) is -3.62. The summed E-state index contributed by atoms with van der Waals surface area (Å²) in [6, 6.07) is 0. The smallest absolute Gasteiger partial charge is 0.335 e. The van der Waals surface area contributed by atoms with Gasteiger partial charge in [-0.3, -0.25) is 4.79 Å². The van der Waals surface area contributed by atoms with Crippen LogP contribution >= 0.6 is 0 Å². The van der Waals surface area contributed by atoms with Crippen molar-refractivity contribution in [3.8, 4) is 0 Å². The van der Waals surface area contributed by atoms with Gasteiger partial charge in [0.25, 0.3) is 0 Å². The molecule has 2 aliphatic heterocycles. The number of aliphatic hydroxyl groups is 5. The van der Waals surface area contributed by atoms with Crippen molar-refractivity contribution in [2.45, 2.75) is 50.0 Å². The van der Waals surface area contributed by atoms with Gasteiger partial charge in [-0.1, -0.05) is 6.08 Å². The van der Waals surface area contributed by atoms with Crippen LogP contribution in [0, 0.1) is 11.8 Å². The molecule has 0 radical (unpaired) electrons. The molecule has 6 N–H and O–H groups in total. The molecule has 1 aliphatic carbocycles. The van der Waals surface area contributed by atoms with Crippen molar-refractivity contribution in [2.24, 2.45) is 11.8 Å². The summed E-state index contributed by atoms with van der Waals surface area (Å²) >= 11 is 0. The Balaban J connectivity index is 1.75. The Kier molecular flexibility index (Phi) is 6.77. The Morgan fingerprint density at radius 2 is 1.77 bits per heavy atom. The maximum absolute atomic E-state index is 11.5. The SMILES string of the molecule is CC(=O)OCC1=C[C@H](O)[C@@H]2C(C(=O)O)=CO[C@@H](OC[C@H]3O[C@@H](O)[C@H](O)[C@@H](O)[C@@H]3O)[C@H]12. The first-order valence-corrected chi connectivity index (χ1v) is 9.22. The number of rotatable bonds is 6. The van der Waals surface area contributed by atoms with Crippen LogP contribution < -0.4 is 0 Å². The fraction of sp³-hybridized carbons (Fsp3) is 0.667. The van der Waals surface area contributed by atoms with E-state index in [1.807, 2.05) is 0 Å². The third-order valence-electron chi connectivity index (χ3n) is 5.35. The van der Waals surface area contributed by atoms with Gasteiger partial charge in [0.15, 0.2) is 6.29 Å². The maximum atomic E-state index is 11.5. The van der Waals surface area contributed by atoms with E-state index in [9.17, 15) is 40.2 Å². The predicted octanol–water partition coefficient (Wildman–Crippen LogP) is -2.78. The monoisotopic (exact) mass is 432 g/mol. The fourth-order valence-corrected chi connectivity index (χ4v) is 3.83. The van der Waals surface area contributed by atoms with Crippen molar-refractivity contribution in [1.29, 1.82) is 0 Å². The lowest BCUT2D eigenvalue weighted by Gasteiger charge is -2.40. The normalized spacial score (nSPS) is 40.7. The van der Waals surface area contributed by atoms with Gasteiger partial charge < -0.3 is 49.6 Å². The van der Waals surface area contributed by atoms with Crippen LogP contribution in [0.3, 0.4) is 0 Å². The second-order valence-electron chi connectivity index (χ2n) is 7.32. The molecule has 3 rings (SSSR count). The van der Waals surface area contributed by atoms with Crippen LogP contribution in [0.4, 0.5) is 0 Å². The second-order valence-corrected chi connectivity index (χ2v) is 7.32. The molecule has 3 aliphatic rings. The molecule has 0 saturated carbocycles. The average molecular weight is 432 g/mol. The summed E-state index contributed by atoms with van der Waals surface area (Å²) in [6.45, 7) is 0.586. The first kappa shape index (κ1) is 22.6. The van der Waals surface area contributed by atoms with Crippen LogP contribution in [0.2, 0.25) is 0 Å². The zero-order chi connectivity index (χ0) is 22.2. The highest BCUT2D eigenvalue weighted by molar-refractivity contribution is 5.87. The van der Waals surface area contributed by atoms with E-state index in [-0.39, 0.29) is 12.2 Å². The number of carboxylic acids is 1. The molecule has 1 fully saturated rings. The molecule has 12 nitrogen and oxygen atoms in total. The summed E-state index contributed by atoms with van der Waals surface area (Å²) in [5, 5.41) is 58.7. The lowest BCUT2D eigenvalue weighted by molar-refractivity contribution is -0.297. The fourth-order valence-electron chi connectivity index (χ4n) is 3.83. The predicted molar refractivity (Wildman–Crippen MR) is 93.1 cm³/mol. The van der Waals surface area contributed by atoms with Crippen molar-refractivity contribution in [3.05, 3.63) is 23.5 Å². The highest BCUT2D eigenvalue weighted by atomic mass is 16.7.